The van der Waals surface area contributed by atoms with Gasteiger partial charge in [0.15, 0.2) is 0 Å². The highest BCUT2D eigenvalue weighted by atomic mass is 35.5. The summed E-state index contributed by atoms with van der Waals surface area (Å²) in [5.74, 6) is 1.67. The van der Waals surface area contributed by atoms with Crippen molar-refractivity contribution in [2.24, 2.45) is 0 Å². The molecule has 1 aliphatic rings. The molecule has 3 nitrogen and oxygen atoms in total. The maximum Gasteiger partial charge on any atom is 0.133 e. The van der Waals surface area contributed by atoms with E-state index in [1.54, 1.807) is 0 Å². The topological polar surface area (TPSA) is 24.5 Å². The van der Waals surface area contributed by atoms with E-state index in [0.717, 1.165) is 31.1 Å². The van der Waals surface area contributed by atoms with Crippen molar-refractivity contribution in [3.05, 3.63) is 53.1 Å². The average molecular weight is 359 g/mol. The van der Waals surface area contributed by atoms with Crippen molar-refractivity contribution in [1.82, 2.24) is 5.32 Å². The van der Waals surface area contributed by atoms with Crippen LogP contribution in [0, 0.1) is 0 Å². The van der Waals surface area contributed by atoms with Crippen LogP contribution in [0.4, 0.5) is 5.69 Å². The van der Waals surface area contributed by atoms with Crippen molar-refractivity contribution in [1.29, 1.82) is 0 Å². The molecular formula is C21H27ClN2O. The highest BCUT2D eigenvalue weighted by Crippen LogP contribution is 2.34. The molecule has 1 aliphatic heterocycles. The van der Waals surface area contributed by atoms with Crippen LogP contribution in [-0.4, -0.2) is 19.1 Å². The highest BCUT2D eigenvalue weighted by Gasteiger charge is 2.18. The zero-order chi connectivity index (χ0) is 17.6. The summed E-state index contributed by atoms with van der Waals surface area (Å²) in [7, 11) is 0. The van der Waals surface area contributed by atoms with Crippen LogP contribution in [0.3, 0.4) is 0 Å². The molecule has 1 heterocycles. The molecule has 1 saturated heterocycles. The third-order valence-electron chi connectivity index (χ3n) is 4.52. The van der Waals surface area contributed by atoms with Gasteiger partial charge in [-0.2, -0.15) is 0 Å². The molecule has 0 atom stereocenters. The van der Waals surface area contributed by atoms with Crippen LogP contribution in [0.2, 0.25) is 5.02 Å². The van der Waals surface area contributed by atoms with Gasteiger partial charge >= 0.3 is 0 Å². The van der Waals surface area contributed by atoms with Crippen molar-refractivity contribution >= 4 is 17.3 Å². The number of halogens is 1. The molecule has 3 rings (SSSR count). The highest BCUT2D eigenvalue weighted by molar-refractivity contribution is 6.30. The fourth-order valence-electron chi connectivity index (χ4n) is 3.22. The molecule has 0 amide bonds. The van der Waals surface area contributed by atoms with E-state index in [2.05, 4.69) is 36.2 Å². The van der Waals surface area contributed by atoms with Crippen LogP contribution in [0.5, 0.6) is 11.5 Å². The Kier molecular flexibility index (Phi) is 6.22. The molecule has 1 fully saturated rings. The van der Waals surface area contributed by atoms with E-state index < -0.39 is 0 Å². The predicted octanol–water partition coefficient (Wildman–Crippen LogP) is 5.62. The van der Waals surface area contributed by atoms with Gasteiger partial charge in [0, 0.05) is 41.9 Å². The normalized spacial score (nSPS) is 14.8. The molecule has 0 bridgehead atoms. The molecule has 134 valence electrons. The number of anilines is 1. The Hall–Kier alpha value is -1.71. The second kappa shape index (κ2) is 8.59. The van der Waals surface area contributed by atoms with Crippen molar-refractivity contribution < 1.29 is 4.74 Å². The molecular weight excluding hydrogens is 332 g/mol. The van der Waals surface area contributed by atoms with Gasteiger partial charge in [0.2, 0.25) is 0 Å². The van der Waals surface area contributed by atoms with Crippen molar-refractivity contribution in [3.63, 3.8) is 0 Å². The van der Waals surface area contributed by atoms with Gasteiger partial charge in [-0.1, -0.05) is 37.6 Å². The van der Waals surface area contributed by atoms with Crippen LogP contribution in [0.25, 0.3) is 0 Å². The minimum absolute atomic E-state index is 0.424. The number of nitrogens with zero attached hydrogens (tertiary/aromatic N) is 1. The fourth-order valence-corrected chi connectivity index (χ4v) is 3.40. The summed E-state index contributed by atoms with van der Waals surface area (Å²) in [6, 6.07) is 14.3. The van der Waals surface area contributed by atoms with E-state index >= 15 is 0 Å². The summed E-state index contributed by atoms with van der Waals surface area (Å²) in [6.07, 6.45) is 3.85. The van der Waals surface area contributed by atoms with E-state index in [0.29, 0.717) is 11.1 Å². The summed E-state index contributed by atoms with van der Waals surface area (Å²) in [6.45, 7) is 7.37. The Balaban J connectivity index is 1.92. The van der Waals surface area contributed by atoms with Crippen molar-refractivity contribution in [3.8, 4) is 11.5 Å². The van der Waals surface area contributed by atoms with Gasteiger partial charge in [0.1, 0.15) is 11.5 Å². The number of rotatable bonds is 6. The van der Waals surface area contributed by atoms with E-state index in [-0.39, 0.29) is 0 Å². The molecule has 4 heteroatoms. The first-order valence-electron chi connectivity index (χ1n) is 9.17. The maximum absolute atomic E-state index is 6.20. The molecule has 2 aromatic carbocycles. The second-order valence-electron chi connectivity index (χ2n) is 6.90. The molecule has 0 aromatic heterocycles. The summed E-state index contributed by atoms with van der Waals surface area (Å²) in [5, 5.41) is 4.23. The van der Waals surface area contributed by atoms with Gasteiger partial charge in [-0.3, -0.25) is 0 Å². The standard InChI is InChI=1S/C21H27ClN2O/c1-16(2)23-15-19-20(24-12-4-3-5-13-24)10-7-11-21(19)25-18-9-6-8-17(22)14-18/h6-11,14,16,23H,3-5,12-13,15H2,1-2H3. The van der Waals surface area contributed by atoms with Gasteiger partial charge in [-0.05, 0) is 49.6 Å². The molecule has 2 aromatic rings. The lowest BCUT2D eigenvalue weighted by Gasteiger charge is -2.31. The van der Waals surface area contributed by atoms with E-state index in [1.165, 1.54) is 30.5 Å². The van der Waals surface area contributed by atoms with Crippen LogP contribution in [0.15, 0.2) is 42.5 Å². The van der Waals surface area contributed by atoms with Gasteiger partial charge in [0.25, 0.3) is 0 Å². The van der Waals surface area contributed by atoms with E-state index in [9.17, 15) is 0 Å². The van der Waals surface area contributed by atoms with Gasteiger partial charge in [-0.15, -0.1) is 0 Å². The molecule has 0 unspecified atom stereocenters. The lowest BCUT2D eigenvalue weighted by molar-refractivity contribution is 0.468. The minimum atomic E-state index is 0.424. The molecule has 1 N–H and O–H groups in total. The molecule has 0 spiro atoms. The molecule has 0 radical (unpaired) electrons. The largest absolute Gasteiger partial charge is 0.457 e. The van der Waals surface area contributed by atoms with Gasteiger partial charge in [0.05, 0.1) is 0 Å². The van der Waals surface area contributed by atoms with E-state index in [1.807, 2.05) is 30.3 Å². The Bertz CT molecular complexity index is 696. The molecule has 0 saturated carbocycles. The summed E-state index contributed by atoms with van der Waals surface area (Å²) >= 11 is 6.11. The van der Waals surface area contributed by atoms with Crippen molar-refractivity contribution in [2.45, 2.75) is 45.7 Å². The smallest absolute Gasteiger partial charge is 0.133 e. The first-order chi connectivity index (χ1) is 12.1. The molecule has 25 heavy (non-hydrogen) atoms. The lowest BCUT2D eigenvalue weighted by Crippen LogP contribution is -2.31. The average Bonchev–Trinajstić information content (AvgIpc) is 2.61. The zero-order valence-corrected chi connectivity index (χ0v) is 15.9. The van der Waals surface area contributed by atoms with Crippen LogP contribution >= 0.6 is 11.6 Å². The van der Waals surface area contributed by atoms with Crippen LogP contribution in [0.1, 0.15) is 38.7 Å². The van der Waals surface area contributed by atoms with Crippen molar-refractivity contribution in [2.75, 3.05) is 18.0 Å². The predicted molar refractivity (Wildman–Crippen MR) is 106 cm³/mol. The third-order valence-corrected chi connectivity index (χ3v) is 4.75. The zero-order valence-electron chi connectivity index (χ0n) is 15.1. The number of ether oxygens (including phenoxy) is 1. The SMILES string of the molecule is CC(C)NCc1c(Oc2cccc(Cl)c2)cccc1N1CCCCC1. The Morgan fingerprint density at radius 3 is 2.56 bits per heavy atom. The second-order valence-corrected chi connectivity index (χ2v) is 7.33. The number of piperidine rings is 1. The number of benzene rings is 2. The van der Waals surface area contributed by atoms with Crippen LogP contribution in [-0.2, 0) is 6.54 Å². The van der Waals surface area contributed by atoms with Crippen LogP contribution < -0.4 is 15.0 Å². The van der Waals surface area contributed by atoms with Gasteiger partial charge in [-0.25, -0.2) is 0 Å². The Morgan fingerprint density at radius 2 is 1.84 bits per heavy atom. The number of hydrogen-bond donors (Lipinski definition) is 1. The number of nitrogens with one attached hydrogen (secondary N) is 1. The monoisotopic (exact) mass is 358 g/mol. The Morgan fingerprint density at radius 1 is 1.08 bits per heavy atom. The maximum atomic E-state index is 6.20. The summed E-state index contributed by atoms with van der Waals surface area (Å²) < 4.78 is 6.20. The summed E-state index contributed by atoms with van der Waals surface area (Å²) in [5.41, 5.74) is 2.51. The third kappa shape index (κ3) is 4.90. The quantitative estimate of drug-likeness (QED) is 0.725. The number of hydrogen-bond acceptors (Lipinski definition) is 3. The molecule has 0 aliphatic carbocycles. The Labute approximate surface area is 155 Å². The van der Waals surface area contributed by atoms with E-state index in [4.69, 9.17) is 16.3 Å². The first-order valence-corrected chi connectivity index (χ1v) is 9.55. The first kappa shape index (κ1) is 18.1. The lowest BCUT2D eigenvalue weighted by atomic mass is 10.1. The van der Waals surface area contributed by atoms with Gasteiger partial charge < -0.3 is 15.0 Å². The summed E-state index contributed by atoms with van der Waals surface area (Å²) in [4.78, 5) is 2.49. The fraction of sp³-hybridized carbons (Fsp3) is 0.429. The minimum Gasteiger partial charge on any atom is -0.457 e.